The van der Waals surface area contributed by atoms with Gasteiger partial charge in [-0.05, 0) is 92.7 Å². The first-order valence-corrected chi connectivity index (χ1v) is 14.0. The van der Waals surface area contributed by atoms with Crippen LogP contribution in [0, 0.1) is 6.92 Å². The van der Waals surface area contributed by atoms with Crippen LogP contribution in [0.25, 0.3) is 66.5 Å². The van der Waals surface area contributed by atoms with Crippen molar-refractivity contribution in [1.82, 2.24) is 4.98 Å². The maximum atomic E-state index is 4.81. The van der Waals surface area contributed by atoms with E-state index in [0.717, 1.165) is 5.69 Å². The van der Waals surface area contributed by atoms with Crippen molar-refractivity contribution in [3.63, 3.8) is 0 Å². The minimum absolute atomic E-state index is 1.03. The molecular formula is C40H29N. The number of fused-ring (bicyclic) bond motifs is 1. The van der Waals surface area contributed by atoms with Gasteiger partial charge in [-0.3, -0.25) is 4.98 Å². The summed E-state index contributed by atoms with van der Waals surface area (Å²) < 4.78 is 0. The van der Waals surface area contributed by atoms with Gasteiger partial charge in [-0.1, -0.05) is 121 Å². The predicted octanol–water partition coefficient (Wildman–Crippen LogP) is 10.9. The van der Waals surface area contributed by atoms with Gasteiger partial charge in [-0.15, -0.1) is 0 Å². The molecule has 0 aliphatic heterocycles. The van der Waals surface area contributed by atoms with Gasteiger partial charge in [0.1, 0.15) is 0 Å². The van der Waals surface area contributed by atoms with Gasteiger partial charge in [-0.2, -0.15) is 0 Å². The molecule has 1 heterocycles. The molecule has 0 fully saturated rings. The second kappa shape index (κ2) is 10.7. The molecule has 194 valence electrons. The van der Waals surface area contributed by atoms with Crippen LogP contribution in [0.2, 0.25) is 0 Å². The molecular weight excluding hydrogens is 494 g/mol. The Morgan fingerprint density at radius 3 is 1.61 bits per heavy atom. The standard InChI is InChI=1S/C40H29N/c1-28-37(20-11-21-38(28)40-39-19-9-8-16-31(39)22-23-41-40)33-18-10-17-32(24-33)36-26-34(29-12-4-2-5-13-29)25-35(27-36)30-14-6-3-7-15-30/h2-27H,1H3. The van der Waals surface area contributed by atoms with Gasteiger partial charge in [0, 0.05) is 17.1 Å². The van der Waals surface area contributed by atoms with E-state index in [0.29, 0.717) is 0 Å². The molecule has 1 nitrogen and oxygen atoms in total. The fourth-order valence-electron chi connectivity index (χ4n) is 5.79. The number of hydrogen-bond acceptors (Lipinski definition) is 1. The van der Waals surface area contributed by atoms with Crippen molar-refractivity contribution in [2.45, 2.75) is 6.92 Å². The van der Waals surface area contributed by atoms with E-state index in [2.05, 4.69) is 159 Å². The highest BCUT2D eigenvalue weighted by molar-refractivity contribution is 5.96. The fourth-order valence-corrected chi connectivity index (χ4v) is 5.79. The molecule has 0 aliphatic carbocycles. The predicted molar refractivity (Wildman–Crippen MR) is 174 cm³/mol. The van der Waals surface area contributed by atoms with E-state index in [-0.39, 0.29) is 0 Å². The van der Waals surface area contributed by atoms with Crippen molar-refractivity contribution in [3.05, 3.63) is 163 Å². The van der Waals surface area contributed by atoms with Crippen LogP contribution < -0.4 is 0 Å². The van der Waals surface area contributed by atoms with Crippen LogP contribution in [-0.4, -0.2) is 4.98 Å². The molecule has 0 radical (unpaired) electrons. The molecule has 0 amide bonds. The molecule has 0 spiro atoms. The summed E-state index contributed by atoms with van der Waals surface area (Å²) in [6.07, 6.45) is 1.91. The molecule has 0 saturated carbocycles. The Morgan fingerprint density at radius 2 is 0.902 bits per heavy atom. The number of nitrogens with zero attached hydrogens (tertiary/aromatic N) is 1. The van der Waals surface area contributed by atoms with E-state index in [4.69, 9.17) is 4.98 Å². The molecule has 1 heteroatoms. The van der Waals surface area contributed by atoms with E-state index in [9.17, 15) is 0 Å². The van der Waals surface area contributed by atoms with Crippen molar-refractivity contribution in [3.8, 4) is 55.8 Å². The van der Waals surface area contributed by atoms with E-state index < -0.39 is 0 Å². The first kappa shape index (κ1) is 24.7. The lowest BCUT2D eigenvalue weighted by atomic mass is 9.90. The molecule has 0 atom stereocenters. The zero-order valence-electron chi connectivity index (χ0n) is 23.0. The van der Waals surface area contributed by atoms with Crippen LogP contribution >= 0.6 is 0 Å². The molecule has 0 aliphatic rings. The Bertz CT molecular complexity index is 1930. The zero-order chi connectivity index (χ0) is 27.6. The third kappa shape index (κ3) is 4.83. The second-order valence-electron chi connectivity index (χ2n) is 10.5. The molecule has 0 N–H and O–H groups in total. The van der Waals surface area contributed by atoms with Crippen LogP contribution in [0.3, 0.4) is 0 Å². The Morgan fingerprint density at radius 1 is 0.390 bits per heavy atom. The molecule has 7 aromatic rings. The number of hydrogen-bond donors (Lipinski definition) is 0. The first-order valence-electron chi connectivity index (χ1n) is 14.0. The Hall–Kier alpha value is -5.27. The highest BCUT2D eigenvalue weighted by Gasteiger charge is 2.13. The van der Waals surface area contributed by atoms with Crippen molar-refractivity contribution in [2.24, 2.45) is 0 Å². The first-order chi connectivity index (χ1) is 20.2. The third-order valence-corrected chi connectivity index (χ3v) is 7.92. The molecule has 0 unspecified atom stereocenters. The van der Waals surface area contributed by atoms with Crippen molar-refractivity contribution < 1.29 is 0 Å². The van der Waals surface area contributed by atoms with Gasteiger partial charge < -0.3 is 0 Å². The quantitative estimate of drug-likeness (QED) is 0.219. The van der Waals surface area contributed by atoms with Crippen LogP contribution in [0.5, 0.6) is 0 Å². The Labute approximate surface area is 241 Å². The molecule has 0 saturated heterocycles. The summed E-state index contributed by atoms with van der Waals surface area (Å²) in [6, 6.07) is 54.2. The fraction of sp³-hybridized carbons (Fsp3) is 0.0250. The lowest BCUT2D eigenvalue weighted by Crippen LogP contribution is -1.92. The minimum Gasteiger partial charge on any atom is -0.256 e. The number of pyridine rings is 1. The zero-order valence-corrected chi connectivity index (χ0v) is 23.0. The third-order valence-electron chi connectivity index (χ3n) is 7.92. The van der Waals surface area contributed by atoms with Crippen molar-refractivity contribution >= 4 is 10.8 Å². The smallest absolute Gasteiger partial charge is 0.0783 e. The molecule has 7 rings (SSSR count). The topological polar surface area (TPSA) is 12.9 Å². The molecule has 0 bridgehead atoms. The van der Waals surface area contributed by atoms with Gasteiger partial charge in [-0.25, -0.2) is 0 Å². The number of aromatic nitrogens is 1. The summed E-state index contributed by atoms with van der Waals surface area (Å²) in [5.74, 6) is 0. The van der Waals surface area contributed by atoms with Crippen LogP contribution in [0.15, 0.2) is 158 Å². The summed E-state index contributed by atoms with van der Waals surface area (Å²) in [7, 11) is 0. The Kier molecular flexibility index (Phi) is 6.47. The highest BCUT2D eigenvalue weighted by atomic mass is 14.7. The van der Waals surface area contributed by atoms with E-state index >= 15 is 0 Å². The van der Waals surface area contributed by atoms with Crippen LogP contribution in [-0.2, 0) is 0 Å². The normalized spacial score (nSPS) is 11.0. The van der Waals surface area contributed by atoms with Gasteiger partial charge in [0.2, 0.25) is 0 Å². The largest absolute Gasteiger partial charge is 0.256 e. The van der Waals surface area contributed by atoms with Crippen molar-refractivity contribution in [1.29, 1.82) is 0 Å². The van der Waals surface area contributed by atoms with E-state index in [1.165, 1.54) is 66.4 Å². The monoisotopic (exact) mass is 523 g/mol. The summed E-state index contributed by atoms with van der Waals surface area (Å²) >= 11 is 0. The van der Waals surface area contributed by atoms with Gasteiger partial charge in [0.15, 0.2) is 0 Å². The van der Waals surface area contributed by atoms with E-state index in [1.807, 2.05) is 6.20 Å². The average molecular weight is 524 g/mol. The SMILES string of the molecule is Cc1c(-c2cccc(-c3cc(-c4ccccc4)cc(-c4ccccc4)c3)c2)cccc1-c1nccc2ccccc12. The summed E-state index contributed by atoms with van der Waals surface area (Å²) in [5.41, 5.74) is 13.1. The number of rotatable bonds is 5. The van der Waals surface area contributed by atoms with Crippen LogP contribution in [0.1, 0.15) is 5.56 Å². The summed E-state index contributed by atoms with van der Waals surface area (Å²) in [5, 5.41) is 2.38. The van der Waals surface area contributed by atoms with Crippen LogP contribution in [0.4, 0.5) is 0 Å². The summed E-state index contributed by atoms with van der Waals surface area (Å²) in [4.78, 5) is 4.81. The molecule has 6 aromatic carbocycles. The maximum absolute atomic E-state index is 4.81. The van der Waals surface area contributed by atoms with Gasteiger partial charge >= 0.3 is 0 Å². The minimum atomic E-state index is 1.03. The maximum Gasteiger partial charge on any atom is 0.0783 e. The summed E-state index contributed by atoms with van der Waals surface area (Å²) in [6.45, 7) is 2.21. The van der Waals surface area contributed by atoms with Gasteiger partial charge in [0.25, 0.3) is 0 Å². The second-order valence-corrected chi connectivity index (χ2v) is 10.5. The van der Waals surface area contributed by atoms with Crippen molar-refractivity contribution in [2.75, 3.05) is 0 Å². The van der Waals surface area contributed by atoms with Gasteiger partial charge in [0.05, 0.1) is 5.69 Å². The lowest BCUT2D eigenvalue weighted by molar-refractivity contribution is 1.33. The molecule has 1 aromatic heterocycles. The highest BCUT2D eigenvalue weighted by Crippen LogP contribution is 2.37. The number of benzene rings is 6. The molecule has 41 heavy (non-hydrogen) atoms. The average Bonchev–Trinajstić information content (AvgIpc) is 3.05. The lowest BCUT2D eigenvalue weighted by Gasteiger charge is -2.15. The Balaban J connectivity index is 1.35. The van der Waals surface area contributed by atoms with E-state index in [1.54, 1.807) is 0 Å².